The molecule has 0 spiro atoms. The van der Waals surface area contributed by atoms with Gasteiger partial charge in [0.25, 0.3) is 0 Å². The van der Waals surface area contributed by atoms with E-state index in [1.165, 1.54) is 0 Å². The van der Waals surface area contributed by atoms with Crippen molar-refractivity contribution in [3.8, 4) is 0 Å². The Kier molecular flexibility index (Phi) is 6.14. The number of carboxylic acid groups (broad SMARTS) is 1. The molecule has 1 atom stereocenters. The van der Waals surface area contributed by atoms with E-state index in [1.807, 2.05) is 26.0 Å². The fourth-order valence-electron chi connectivity index (χ4n) is 4.40. The highest BCUT2D eigenvalue weighted by atomic mass is 35.5. The van der Waals surface area contributed by atoms with Crippen molar-refractivity contribution in [1.29, 1.82) is 0 Å². The van der Waals surface area contributed by atoms with E-state index in [9.17, 15) is 14.7 Å². The number of aryl methyl sites for hydroxylation is 1. The first-order chi connectivity index (χ1) is 15.6. The number of piperidine rings is 1. The van der Waals surface area contributed by atoms with Crippen molar-refractivity contribution >= 4 is 40.1 Å². The summed E-state index contributed by atoms with van der Waals surface area (Å²) >= 11 is 6.14. The molecule has 0 saturated carbocycles. The average Bonchev–Trinajstić information content (AvgIpc) is 2.73. The lowest BCUT2D eigenvalue weighted by atomic mass is 9.83. The Bertz CT molecular complexity index is 1270. The standard InChI is InChI=1S/C26H29ClN2O4/c1-15-12-17(16(2)28-20-7-5-6-19(27)23(20)25(31)32)24-18(13-15)21(30)14-22(33-24)29-10-8-26(3,4)9-11-29/h5-7,12-14,16,28H,8-11H2,1-4H3,(H,31,32). The van der Waals surface area contributed by atoms with Crippen LogP contribution in [0.25, 0.3) is 11.0 Å². The third-order valence-electron chi connectivity index (χ3n) is 6.48. The second kappa shape index (κ2) is 8.75. The summed E-state index contributed by atoms with van der Waals surface area (Å²) in [5.41, 5.74) is 2.87. The molecular formula is C26H29ClN2O4. The number of carboxylic acids is 1. The van der Waals surface area contributed by atoms with E-state index in [0.29, 0.717) is 22.5 Å². The molecule has 0 radical (unpaired) electrons. The predicted molar refractivity (Wildman–Crippen MR) is 133 cm³/mol. The van der Waals surface area contributed by atoms with Gasteiger partial charge in [0.15, 0.2) is 11.3 Å². The van der Waals surface area contributed by atoms with Crippen molar-refractivity contribution in [2.75, 3.05) is 23.3 Å². The molecule has 6 nitrogen and oxygen atoms in total. The van der Waals surface area contributed by atoms with Crippen molar-refractivity contribution in [2.24, 2.45) is 5.41 Å². The first-order valence-corrected chi connectivity index (χ1v) is 11.6. The number of anilines is 2. The van der Waals surface area contributed by atoms with Gasteiger partial charge in [0, 0.05) is 24.7 Å². The molecule has 1 aliphatic rings. The minimum Gasteiger partial charge on any atom is -0.478 e. The molecule has 4 rings (SSSR count). The molecule has 7 heteroatoms. The van der Waals surface area contributed by atoms with Gasteiger partial charge in [-0.15, -0.1) is 0 Å². The summed E-state index contributed by atoms with van der Waals surface area (Å²) in [4.78, 5) is 26.9. The van der Waals surface area contributed by atoms with Crippen LogP contribution >= 0.6 is 11.6 Å². The molecule has 3 aromatic rings. The molecule has 0 amide bonds. The highest BCUT2D eigenvalue weighted by Gasteiger charge is 2.27. The van der Waals surface area contributed by atoms with Gasteiger partial charge < -0.3 is 19.7 Å². The van der Waals surface area contributed by atoms with Crippen LogP contribution in [0.15, 0.2) is 45.6 Å². The van der Waals surface area contributed by atoms with Gasteiger partial charge in [-0.1, -0.05) is 37.6 Å². The first-order valence-electron chi connectivity index (χ1n) is 11.2. The summed E-state index contributed by atoms with van der Waals surface area (Å²) in [6.45, 7) is 10.0. The van der Waals surface area contributed by atoms with E-state index < -0.39 is 5.97 Å². The molecule has 2 aromatic carbocycles. The van der Waals surface area contributed by atoms with Crippen LogP contribution in [0.2, 0.25) is 5.02 Å². The molecule has 0 bridgehead atoms. The zero-order chi connectivity index (χ0) is 23.9. The number of carbonyl (C=O) groups is 1. The van der Waals surface area contributed by atoms with Crippen LogP contribution in [-0.4, -0.2) is 24.2 Å². The number of aromatic carboxylic acids is 1. The van der Waals surface area contributed by atoms with E-state index in [4.69, 9.17) is 16.0 Å². The Morgan fingerprint density at radius 3 is 2.58 bits per heavy atom. The third-order valence-corrected chi connectivity index (χ3v) is 6.80. The largest absolute Gasteiger partial charge is 0.478 e. The van der Waals surface area contributed by atoms with Crippen molar-refractivity contribution in [3.63, 3.8) is 0 Å². The van der Waals surface area contributed by atoms with Crippen molar-refractivity contribution in [1.82, 2.24) is 0 Å². The number of hydrogen-bond acceptors (Lipinski definition) is 5. The zero-order valence-corrected chi connectivity index (χ0v) is 20.1. The van der Waals surface area contributed by atoms with E-state index in [2.05, 4.69) is 24.1 Å². The molecule has 1 unspecified atom stereocenters. The van der Waals surface area contributed by atoms with Gasteiger partial charge >= 0.3 is 5.97 Å². The lowest BCUT2D eigenvalue weighted by Crippen LogP contribution is -2.37. The summed E-state index contributed by atoms with van der Waals surface area (Å²) in [7, 11) is 0. The lowest BCUT2D eigenvalue weighted by Gasteiger charge is -2.37. The second-order valence-electron chi connectivity index (χ2n) is 9.66. The Hall–Kier alpha value is -2.99. The van der Waals surface area contributed by atoms with Gasteiger partial charge in [0.1, 0.15) is 11.1 Å². The summed E-state index contributed by atoms with van der Waals surface area (Å²) in [6.07, 6.45) is 2.06. The summed E-state index contributed by atoms with van der Waals surface area (Å²) in [5, 5.41) is 13.5. The monoisotopic (exact) mass is 468 g/mol. The maximum atomic E-state index is 13.0. The quantitative estimate of drug-likeness (QED) is 0.460. The van der Waals surface area contributed by atoms with Crippen LogP contribution in [0.4, 0.5) is 11.6 Å². The zero-order valence-electron chi connectivity index (χ0n) is 19.4. The maximum absolute atomic E-state index is 13.0. The summed E-state index contributed by atoms with van der Waals surface area (Å²) in [6, 6.07) is 9.99. The molecule has 1 aromatic heterocycles. The molecule has 174 valence electrons. The molecular weight excluding hydrogens is 440 g/mol. The SMILES string of the molecule is Cc1cc(C(C)Nc2cccc(Cl)c2C(=O)O)c2oc(N3CCC(C)(C)CC3)cc(=O)c2c1. The van der Waals surface area contributed by atoms with Crippen molar-refractivity contribution in [3.05, 3.63) is 68.3 Å². The molecule has 2 heterocycles. The average molecular weight is 469 g/mol. The minimum absolute atomic E-state index is 0.0149. The number of hydrogen-bond donors (Lipinski definition) is 2. The van der Waals surface area contributed by atoms with Crippen molar-refractivity contribution < 1.29 is 14.3 Å². The van der Waals surface area contributed by atoms with Crippen LogP contribution in [0.3, 0.4) is 0 Å². The highest BCUT2D eigenvalue weighted by molar-refractivity contribution is 6.34. The number of nitrogens with one attached hydrogen (secondary N) is 1. The first kappa shape index (κ1) is 23.2. The van der Waals surface area contributed by atoms with Gasteiger partial charge in [-0.05, 0) is 55.9 Å². The lowest BCUT2D eigenvalue weighted by molar-refractivity contribution is 0.0698. The Balaban J connectivity index is 1.76. The van der Waals surface area contributed by atoms with Crippen LogP contribution in [0.1, 0.15) is 61.1 Å². The fraction of sp³-hybridized carbons (Fsp3) is 0.385. The van der Waals surface area contributed by atoms with E-state index >= 15 is 0 Å². The number of nitrogens with zero attached hydrogens (tertiary/aromatic N) is 1. The van der Waals surface area contributed by atoms with Crippen LogP contribution in [-0.2, 0) is 0 Å². The Morgan fingerprint density at radius 1 is 1.21 bits per heavy atom. The van der Waals surface area contributed by atoms with Crippen molar-refractivity contribution in [2.45, 2.75) is 46.6 Å². The highest BCUT2D eigenvalue weighted by Crippen LogP contribution is 2.35. The van der Waals surface area contributed by atoms with Gasteiger partial charge in [-0.3, -0.25) is 4.79 Å². The summed E-state index contributed by atoms with van der Waals surface area (Å²) in [5.74, 6) is -0.527. The van der Waals surface area contributed by atoms with Crippen LogP contribution in [0.5, 0.6) is 0 Å². The van der Waals surface area contributed by atoms with Gasteiger partial charge in [-0.25, -0.2) is 4.79 Å². The molecule has 2 N–H and O–H groups in total. The minimum atomic E-state index is -1.11. The van der Waals surface area contributed by atoms with Gasteiger partial charge in [0.2, 0.25) is 0 Å². The van der Waals surface area contributed by atoms with Crippen LogP contribution in [0, 0.1) is 12.3 Å². The number of fused-ring (bicyclic) bond motifs is 1. The predicted octanol–water partition coefficient (Wildman–Crippen LogP) is 6.25. The molecule has 0 aliphatic carbocycles. The maximum Gasteiger partial charge on any atom is 0.339 e. The third kappa shape index (κ3) is 4.71. The number of benzene rings is 2. The molecule has 1 aliphatic heterocycles. The van der Waals surface area contributed by atoms with E-state index in [-0.39, 0.29) is 27.5 Å². The Labute approximate surface area is 198 Å². The summed E-state index contributed by atoms with van der Waals surface area (Å²) < 4.78 is 6.34. The van der Waals surface area contributed by atoms with E-state index in [0.717, 1.165) is 37.1 Å². The Morgan fingerprint density at radius 2 is 1.91 bits per heavy atom. The number of rotatable bonds is 5. The van der Waals surface area contributed by atoms with E-state index in [1.54, 1.807) is 24.3 Å². The molecule has 1 saturated heterocycles. The topological polar surface area (TPSA) is 82.8 Å². The van der Waals surface area contributed by atoms with Gasteiger partial charge in [0.05, 0.1) is 22.1 Å². The smallest absolute Gasteiger partial charge is 0.339 e. The van der Waals surface area contributed by atoms with Crippen LogP contribution < -0.4 is 15.6 Å². The fourth-order valence-corrected chi connectivity index (χ4v) is 4.66. The number of halogens is 1. The second-order valence-corrected chi connectivity index (χ2v) is 10.1. The van der Waals surface area contributed by atoms with Gasteiger partial charge in [-0.2, -0.15) is 0 Å². The molecule has 1 fully saturated rings. The molecule has 33 heavy (non-hydrogen) atoms. The normalized spacial score (nSPS) is 16.6.